The molecule has 0 bridgehead atoms. The van der Waals surface area contributed by atoms with Gasteiger partial charge < -0.3 is 0 Å². The molecule has 0 aliphatic rings. The number of pyridine rings is 2. The van der Waals surface area contributed by atoms with Gasteiger partial charge in [-0.05, 0) is 42.5 Å². The van der Waals surface area contributed by atoms with Gasteiger partial charge in [0.2, 0.25) is 0 Å². The maximum atomic E-state index is 13.4. The third kappa shape index (κ3) is 4.49. The summed E-state index contributed by atoms with van der Waals surface area (Å²) in [5.41, 5.74) is 0.510. The highest BCUT2D eigenvalue weighted by Crippen LogP contribution is 2.32. The minimum absolute atomic E-state index is 0.103. The lowest BCUT2D eigenvalue weighted by Gasteiger charge is -2.09. The van der Waals surface area contributed by atoms with E-state index in [0.29, 0.717) is 11.1 Å². The Morgan fingerprint density at radius 2 is 1.27 bits per heavy atom. The van der Waals surface area contributed by atoms with Crippen molar-refractivity contribution in [3.05, 3.63) is 95.1 Å². The first kappa shape index (κ1) is 17.3. The summed E-state index contributed by atoms with van der Waals surface area (Å²) in [5.74, 6) is 10.8. The maximum Gasteiger partial charge on any atom is 0.417 e. The van der Waals surface area contributed by atoms with Crippen molar-refractivity contribution in [3.8, 4) is 23.7 Å². The average Bonchev–Trinajstić information content (AvgIpc) is 2.66. The van der Waals surface area contributed by atoms with Crippen LogP contribution in [0.5, 0.6) is 0 Å². The van der Waals surface area contributed by atoms with Gasteiger partial charge in [0.15, 0.2) is 0 Å². The fourth-order valence-corrected chi connectivity index (χ4v) is 2.12. The molecule has 0 spiro atoms. The van der Waals surface area contributed by atoms with Crippen LogP contribution in [0, 0.1) is 23.7 Å². The minimum Gasteiger partial charge on any atom is -0.263 e. The Bertz CT molecular complexity index is 1020. The topological polar surface area (TPSA) is 25.8 Å². The summed E-state index contributed by atoms with van der Waals surface area (Å²) in [5, 5.41) is 0. The van der Waals surface area contributed by atoms with Gasteiger partial charge >= 0.3 is 6.18 Å². The molecule has 0 atom stereocenters. The third-order valence-electron chi connectivity index (χ3n) is 3.34. The Labute approximate surface area is 148 Å². The molecule has 2 aromatic heterocycles. The second-order valence-corrected chi connectivity index (χ2v) is 5.24. The Balaban J connectivity index is 1.97. The van der Waals surface area contributed by atoms with Crippen LogP contribution in [0.1, 0.15) is 27.8 Å². The van der Waals surface area contributed by atoms with Crippen molar-refractivity contribution < 1.29 is 13.2 Å². The van der Waals surface area contributed by atoms with Crippen LogP contribution in [-0.2, 0) is 6.18 Å². The summed E-state index contributed by atoms with van der Waals surface area (Å²) in [6.45, 7) is 0. The lowest BCUT2D eigenvalue weighted by molar-refractivity contribution is -0.137. The molecule has 0 radical (unpaired) electrons. The SMILES string of the molecule is FC(F)(F)c1cc(C#Cc2cccnc2)ccc1C#Cc1cccnc1. The van der Waals surface area contributed by atoms with Crippen LogP contribution in [0.4, 0.5) is 13.2 Å². The van der Waals surface area contributed by atoms with Crippen molar-refractivity contribution in [3.63, 3.8) is 0 Å². The monoisotopic (exact) mass is 348 g/mol. The van der Waals surface area contributed by atoms with Gasteiger partial charge in [0.1, 0.15) is 0 Å². The summed E-state index contributed by atoms with van der Waals surface area (Å²) in [6.07, 6.45) is 1.69. The molecule has 0 amide bonds. The van der Waals surface area contributed by atoms with Crippen molar-refractivity contribution >= 4 is 0 Å². The second-order valence-electron chi connectivity index (χ2n) is 5.24. The fraction of sp³-hybridized carbons (Fsp3) is 0.0476. The summed E-state index contributed by atoms with van der Waals surface area (Å²) in [7, 11) is 0. The molecule has 0 saturated heterocycles. The largest absolute Gasteiger partial charge is 0.417 e. The highest BCUT2D eigenvalue weighted by Gasteiger charge is 2.33. The van der Waals surface area contributed by atoms with E-state index in [1.807, 2.05) is 0 Å². The molecule has 0 aliphatic heterocycles. The van der Waals surface area contributed by atoms with Gasteiger partial charge in [-0.25, -0.2) is 0 Å². The van der Waals surface area contributed by atoms with Crippen LogP contribution in [-0.4, -0.2) is 9.97 Å². The first-order valence-corrected chi connectivity index (χ1v) is 7.58. The van der Waals surface area contributed by atoms with Gasteiger partial charge in [-0.15, -0.1) is 0 Å². The highest BCUT2D eigenvalue weighted by molar-refractivity contribution is 5.52. The number of benzene rings is 1. The standard InChI is InChI=1S/C21H11F3N2/c22-21(23,24)20-13-16(5-6-17-3-1-11-25-14-17)7-9-19(20)10-8-18-4-2-12-26-15-18/h1-4,7,9,11-15H. The second kappa shape index (κ2) is 7.55. The Kier molecular flexibility index (Phi) is 5.01. The zero-order chi connectivity index (χ0) is 18.4. The van der Waals surface area contributed by atoms with Crippen molar-refractivity contribution in [2.24, 2.45) is 0 Å². The van der Waals surface area contributed by atoms with E-state index in [9.17, 15) is 13.2 Å². The van der Waals surface area contributed by atoms with Crippen LogP contribution in [0.2, 0.25) is 0 Å². The first-order valence-electron chi connectivity index (χ1n) is 7.58. The Morgan fingerprint density at radius 3 is 1.81 bits per heavy atom. The minimum atomic E-state index is -4.52. The molecule has 26 heavy (non-hydrogen) atoms. The lowest BCUT2D eigenvalue weighted by atomic mass is 10.0. The van der Waals surface area contributed by atoms with E-state index in [1.165, 1.54) is 18.3 Å². The molecule has 1 aromatic carbocycles. The fourth-order valence-electron chi connectivity index (χ4n) is 2.12. The molecule has 0 unspecified atom stereocenters. The highest BCUT2D eigenvalue weighted by atomic mass is 19.4. The molecule has 3 aromatic rings. The lowest BCUT2D eigenvalue weighted by Crippen LogP contribution is -2.08. The Morgan fingerprint density at radius 1 is 0.692 bits per heavy atom. The predicted molar refractivity (Wildman–Crippen MR) is 91.9 cm³/mol. The van der Waals surface area contributed by atoms with E-state index in [0.717, 1.165) is 6.07 Å². The van der Waals surface area contributed by atoms with Crippen LogP contribution in [0.3, 0.4) is 0 Å². The molecule has 0 N–H and O–H groups in total. The molecule has 0 saturated carbocycles. The number of halogens is 3. The molecule has 0 fully saturated rings. The molecular weight excluding hydrogens is 337 g/mol. The van der Waals surface area contributed by atoms with Gasteiger partial charge in [0, 0.05) is 47.0 Å². The molecular formula is C21H11F3N2. The number of rotatable bonds is 0. The van der Waals surface area contributed by atoms with Crippen molar-refractivity contribution in [1.82, 2.24) is 9.97 Å². The molecule has 2 heterocycles. The summed E-state index contributed by atoms with van der Waals surface area (Å²) >= 11 is 0. The van der Waals surface area contributed by atoms with Gasteiger partial charge in [0.25, 0.3) is 0 Å². The van der Waals surface area contributed by atoms with Gasteiger partial charge in [-0.2, -0.15) is 13.2 Å². The van der Waals surface area contributed by atoms with Gasteiger partial charge in [-0.3, -0.25) is 9.97 Å². The number of aromatic nitrogens is 2. The summed E-state index contributed by atoms with van der Waals surface area (Å²) in [6, 6.07) is 10.7. The van der Waals surface area contributed by atoms with E-state index in [2.05, 4.69) is 33.6 Å². The summed E-state index contributed by atoms with van der Waals surface area (Å²) < 4.78 is 40.1. The van der Waals surface area contributed by atoms with Gasteiger partial charge in [0.05, 0.1) is 5.56 Å². The number of alkyl halides is 3. The van der Waals surface area contributed by atoms with Crippen LogP contribution in [0.15, 0.2) is 67.3 Å². The number of hydrogen-bond donors (Lipinski definition) is 0. The van der Waals surface area contributed by atoms with Crippen molar-refractivity contribution in [1.29, 1.82) is 0 Å². The normalized spacial score (nSPS) is 10.3. The van der Waals surface area contributed by atoms with E-state index < -0.39 is 11.7 Å². The van der Waals surface area contributed by atoms with Crippen molar-refractivity contribution in [2.75, 3.05) is 0 Å². The predicted octanol–water partition coefficient (Wildman–Crippen LogP) is 4.30. The van der Waals surface area contributed by atoms with Crippen LogP contribution in [0.25, 0.3) is 0 Å². The molecule has 0 aliphatic carbocycles. The maximum absolute atomic E-state index is 13.4. The quantitative estimate of drug-likeness (QED) is 0.566. The zero-order valence-corrected chi connectivity index (χ0v) is 13.4. The van der Waals surface area contributed by atoms with E-state index in [1.54, 1.807) is 42.9 Å². The van der Waals surface area contributed by atoms with Crippen LogP contribution < -0.4 is 0 Å². The smallest absolute Gasteiger partial charge is 0.263 e. The zero-order valence-electron chi connectivity index (χ0n) is 13.4. The van der Waals surface area contributed by atoms with E-state index >= 15 is 0 Å². The summed E-state index contributed by atoms with van der Waals surface area (Å²) in [4.78, 5) is 7.80. The van der Waals surface area contributed by atoms with Crippen LogP contribution >= 0.6 is 0 Å². The van der Waals surface area contributed by atoms with E-state index in [4.69, 9.17) is 0 Å². The number of nitrogens with zero attached hydrogens (tertiary/aromatic N) is 2. The molecule has 3 rings (SSSR count). The first-order chi connectivity index (χ1) is 12.5. The Hall–Kier alpha value is -3.57. The van der Waals surface area contributed by atoms with Crippen molar-refractivity contribution in [2.45, 2.75) is 6.18 Å². The molecule has 5 heteroatoms. The average molecular weight is 348 g/mol. The molecule has 126 valence electrons. The molecule has 2 nitrogen and oxygen atoms in total. The van der Waals surface area contributed by atoms with E-state index in [-0.39, 0.29) is 11.1 Å². The third-order valence-corrected chi connectivity index (χ3v) is 3.34. The van der Waals surface area contributed by atoms with Gasteiger partial charge in [-0.1, -0.05) is 23.7 Å². The number of hydrogen-bond acceptors (Lipinski definition) is 2.